The molecule has 1 aromatic carbocycles. The Kier molecular flexibility index (Phi) is 4.87. The summed E-state index contributed by atoms with van der Waals surface area (Å²) in [6.45, 7) is 5.78. The van der Waals surface area contributed by atoms with Crippen LogP contribution in [-0.4, -0.2) is 14.0 Å². The van der Waals surface area contributed by atoms with Crippen LogP contribution >= 0.6 is 0 Å². The molecular formula is C13H20FNO2S. The fourth-order valence-electron chi connectivity index (χ4n) is 1.97. The maximum atomic E-state index is 13.6. The lowest BCUT2D eigenvalue weighted by Crippen LogP contribution is -2.47. The maximum Gasteiger partial charge on any atom is 0.243 e. The topological polar surface area (TPSA) is 46.2 Å². The molecule has 0 amide bonds. The molecule has 0 atom stereocenters. The molecule has 0 fully saturated rings. The molecule has 1 rings (SSSR count). The lowest BCUT2D eigenvalue weighted by molar-refractivity contribution is 0.341. The Morgan fingerprint density at radius 3 is 2.06 bits per heavy atom. The van der Waals surface area contributed by atoms with Crippen LogP contribution in [0.4, 0.5) is 4.39 Å². The lowest BCUT2D eigenvalue weighted by atomic mass is 9.91. The van der Waals surface area contributed by atoms with Gasteiger partial charge in [-0.15, -0.1) is 0 Å². The van der Waals surface area contributed by atoms with E-state index in [0.717, 1.165) is 6.07 Å². The zero-order valence-electron chi connectivity index (χ0n) is 11.0. The molecule has 0 heterocycles. The second kappa shape index (κ2) is 5.80. The number of halogens is 1. The molecule has 5 heteroatoms. The highest BCUT2D eigenvalue weighted by molar-refractivity contribution is 7.89. The quantitative estimate of drug-likeness (QED) is 0.865. The van der Waals surface area contributed by atoms with E-state index in [1.165, 1.54) is 18.2 Å². The number of sulfonamides is 1. The molecule has 0 aliphatic rings. The summed E-state index contributed by atoms with van der Waals surface area (Å²) in [6, 6.07) is 5.42. The highest BCUT2D eigenvalue weighted by atomic mass is 32.2. The van der Waals surface area contributed by atoms with E-state index in [9.17, 15) is 12.8 Å². The van der Waals surface area contributed by atoms with Crippen molar-refractivity contribution in [2.45, 2.75) is 50.5 Å². The summed E-state index contributed by atoms with van der Waals surface area (Å²) >= 11 is 0. The lowest BCUT2D eigenvalue weighted by Gasteiger charge is -2.31. The first-order valence-electron chi connectivity index (χ1n) is 6.19. The van der Waals surface area contributed by atoms with E-state index in [1.807, 2.05) is 20.8 Å². The van der Waals surface area contributed by atoms with Crippen LogP contribution < -0.4 is 4.72 Å². The minimum absolute atomic E-state index is 0.287. The summed E-state index contributed by atoms with van der Waals surface area (Å²) in [6.07, 6.45) is 2.02. The van der Waals surface area contributed by atoms with E-state index in [1.54, 1.807) is 0 Å². The van der Waals surface area contributed by atoms with Gasteiger partial charge in [0.05, 0.1) is 0 Å². The van der Waals surface area contributed by atoms with E-state index in [0.29, 0.717) is 19.3 Å². The first kappa shape index (κ1) is 15.1. The number of benzene rings is 1. The van der Waals surface area contributed by atoms with Crippen molar-refractivity contribution >= 4 is 10.0 Å². The van der Waals surface area contributed by atoms with Gasteiger partial charge in [-0.25, -0.2) is 17.5 Å². The largest absolute Gasteiger partial charge is 0.243 e. The SMILES string of the molecule is CCC(CC)(CC)NS(=O)(=O)c1ccccc1F. The van der Waals surface area contributed by atoms with Crippen LogP contribution in [0.1, 0.15) is 40.0 Å². The molecule has 0 spiro atoms. The van der Waals surface area contributed by atoms with Crippen LogP contribution in [0.3, 0.4) is 0 Å². The minimum atomic E-state index is -3.81. The van der Waals surface area contributed by atoms with Crippen LogP contribution in [0.5, 0.6) is 0 Å². The molecule has 0 saturated heterocycles. The third-order valence-corrected chi connectivity index (χ3v) is 5.12. The van der Waals surface area contributed by atoms with Crippen LogP contribution in [0, 0.1) is 5.82 Å². The summed E-state index contributed by atoms with van der Waals surface area (Å²) in [5, 5.41) is 0. The van der Waals surface area contributed by atoms with Crippen molar-refractivity contribution in [2.24, 2.45) is 0 Å². The number of rotatable bonds is 6. The van der Waals surface area contributed by atoms with Crippen LogP contribution in [0.2, 0.25) is 0 Å². The molecule has 102 valence electrons. The fraction of sp³-hybridized carbons (Fsp3) is 0.538. The number of hydrogen-bond acceptors (Lipinski definition) is 2. The van der Waals surface area contributed by atoms with Gasteiger partial charge in [-0.2, -0.15) is 0 Å². The van der Waals surface area contributed by atoms with E-state index in [2.05, 4.69) is 4.72 Å². The van der Waals surface area contributed by atoms with Crippen LogP contribution in [-0.2, 0) is 10.0 Å². The molecule has 0 saturated carbocycles. The highest BCUT2D eigenvalue weighted by Crippen LogP contribution is 2.23. The Morgan fingerprint density at radius 1 is 1.11 bits per heavy atom. The Bertz CT molecular complexity index is 487. The van der Waals surface area contributed by atoms with Crippen molar-refractivity contribution in [3.8, 4) is 0 Å². The van der Waals surface area contributed by atoms with Gasteiger partial charge < -0.3 is 0 Å². The van der Waals surface area contributed by atoms with Crippen molar-refractivity contribution in [1.29, 1.82) is 0 Å². The van der Waals surface area contributed by atoms with Crippen molar-refractivity contribution < 1.29 is 12.8 Å². The van der Waals surface area contributed by atoms with Gasteiger partial charge in [0, 0.05) is 5.54 Å². The van der Waals surface area contributed by atoms with Gasteiger partial charge in [0.25, 0.3) is 0 Å². The Balaban J connectivity index is 3.13. The molecular weight excluding hydrogens is 253 g/mol. The van der Waals surface area contributed by atoms with Crippen molar-refractivity contribution in [2.75, 3.05) is 0 Å². The van der Waals surface area contributed by atoms with E-state index in [4.69, 9.17) is 0 Å². The van der Waals surface area contributed by atoms with Gasteiger partial charge in [-0.05, 0) is 31.4 Å². The zero-order chi connectivity index (χ0) is 13.8. The third kappa shape index (κ3) is 3.09. The summed E-state index contributed by atoms with van der Waals surface area (Å²) < 4.78 is 40.6. The van der Waals surface area contributed by atoms with Crippen LogP contribution in [0.25, 0.3) is 0 Å². The first-order valence-corrected chi connectivity index (χ1v) is 7.67. The maximum absolute atomic E-state index is 13.6. The normalized spacial score (nSPS) is 12.7. The molecule has 0 unspecified atom stereocenters. The second-order valence-electron chi connectivity index (χ2n) is 4.38. The van der Waals surface area contributed by atoms with Gasteiger partial charge in [0.2, 0.25) is 10.0 Å². The number of nitrogens with one attached hydrogen (secondary N) is 1. The molecule has 0 radical (unpaired) electrons. The van der Waals surface area contributed by atoms with E-state index in [-0.39, 0.29) is 4.90 Å². The van der Waals surface area contributed by atoms with Gasteiger partial charge in [0.15, 0.2) is 0 Å². The van der Waals surface area contributed by atoms with Gasteiger partial charge in [-0.1, -0.05) is 32.9 Å². The molecule has 18 heavy (non-hydrogen) atoms. The number of hydrogen-bond donors (Lipinski definition) is 1. The van der Waals surface area contributed by atoms with Gasteiger partial charge >= 0.3 is 0 Å². The minimum Gasteiger partial charge on any atom is -0.207 e. The Morgan fingerprint density at radius 2 is 1.61 bits per heavy atom. The third-order valence-electron chi connectivity index (χ3n) is 3.51. The van der Waals surface area contributed by atoms with E-state index < -0.39 is 21.4 Å². The zero-order valence-corrected chi connectivity index (χ0v) is 11.8. The molecule has 3 nitrogen and oxygen atoms in total. The van der Waals surface area contributed by atoms with Crippen molar-refractivity contribution in [3.05, 3.63) is 30.1 Å². The predicted molar refractivity (Wildman–Crippen MR) is 70.3 cm³/mol. The molecule has 1 aromatic rings. The molecule has 0 aliphatic carbocycles. The van der Waals surface area contributed by atoms with Gasteiger partial charge in [0.1, 0.15) is 10.7 Å². The van der Waals surface area contributed by atoms with Crippen LogP contribution in [0.15, 0.2) is 29.2 Å². The van der Waals surface area contributed by atoms with Gasteiger partial charge in [-0.3, -0.25) is 0 Å². The molecule has 0 bridgehead atoms. The monoisotopic (exact) mass is 273 g/mol. The first-order chi connectivity index (χ1) is 8.40. The fourth-order valence-corrected chi connectivity index (χ4v) is 3.66. The van der Waals surface area contributed by atoms with Crippen molar-refractivity contribution in [3.63, 3.8) is 0 Å². The molecule has 1 N–H and O–H groups in total. The molecule has 0 aromatic heterocycles. The Labute approximate surface area is 108 Å². The van der Waals surface area contributed by atoms with E-state index >= 15 is 0 Å². The highest BCUT2D eigenvalue weighted by Gasteiger charge is 2.31. The average Bonchev–Trinajstić information content (AvgIpc) is 2.36. The average molecular weight is 273 g/mol. The summed E-state index contributed by atoms with van der Waals surface area (Å²) in [5.74, 6) is -0.720. The predicted octanol–water partition coefficient (Wildman–Crippen LogP) is 3.07. The summed E-state index contributed by atoms with van der Waals surface area (Å²) in [7, 11) is -3.81. The Hall–Kier alpha value is -0.940. The summed E-state index contributed by atoms with van der Waals surface area (Å²) in [4.78, 5) is -0.287. The standard InChI is InChI=1S/C13H20FNO2S/c1-4-13(5-2,6-3)15-18(16,17)12-10-8-7-9-11(12)14/h7-10,15H,4-6H2,1-3H3. The second-order valence-corrected chi connectivity index (χ2v) is 6.03. The smallest absolute Gasteiger partial charge is 0.207 e. The summed E-state index contributed by atoms with van der Waals surface area (Å²) in [5.41, 5.74) is -0.499. The van der Waals surface area contributed by atoms with Crippen molar-refractivity contribution in [1.82, 2.24) is 4.72 Å². The molecule has 0 aliphatic heterocycles.